The van der Waals surface area contributed by atoms with Gasteiger partial charge in [-0.25, -0.2) is 4.79 Å². The van der Waals surface area contributed by atoms with Crippen molar-refractivity contribution in [2.75, 3.05) is 39.3 Å². The summed E-state index contributed by atoms with van der Waals surface area (Å²) in [6.07, 6.45) is 5.25. The lowest BCUT2D eigenvalue weighted by Crippen LogP contribution is -2.55. The van der Waals surface area contributed by atoms with Crippen LogP contribution in [0.5, 0.6) is 0 Å². The van der Waals surface area contributed by atoms with Gasteiger partial charge < -0.3 is 24.8 Å². The van der Waals surface area contributed by atoms with E-state index in [1.165, 1.54) is 12.8 Å². The van der Waals surface area contributed by atoms with Crippen LogP contribution in [0, 0.1) is 0 Å². The largest absolute Gasteiger partial charge is 0.445 e. The molecule has 0 aromatic heterocycles. The van der Waals surface area contributed by atoms with Gasteiger partial charge in [0.15, 0.2) is 0 Å². The molecule has 1 aromatic rings. The van der Waals surface area contributed by atoms with Crippen molar-refractivity contribution >= 4 is 17.9 Å². The number of nitrogens with one attached hydrogen (secondary N) is 1. The third-order valence-electron chi connectivity index (χ3n) is 6.73. The Balaban J connectivity index is 1.26. The van der Waals surface area contributed by atoms with E-state index < -0.39 is 12.1 Å². The molecular formula is C24H34N4O4. The first-order valence-electron chi connectivity index (χ1n) is 11.9. The molecule has 1 N–H and O–H groups in total. The van der Waals surface area contributed by atoms with E-state index in [1.807, 2.05) is 35.2 Å². The number of carbonyl (C=O) groups is 3. The summed E-state index contributed by atoms with van der Waals surface area (Å²) in [6.45, 7) is 4.75. The number of benzene rings is 1. The van der Waals surface area contributed by atoms with E-state index in [0.29, 0.717) is 13.0 Å². The smallest absolute Gasteiger partial charge is 0.408 e. The first-order valence-corrected chi connectivity index (χ1v) is 11.9. The highest BCUT2D eigenvalue weighted by Gasteiger charge is 2.35. The summed E-state index contributed by atoms with van der Waals surface area (Å²) in [4.78, 5) is 44.2. The molecule has 3 aliphatic rings. The number of carbonyl (C=O) groups excluding carboxylic acids is 3. The van der Waals surface area contributed by atoms with E-state index >= 15 is 0 Å². The number of alkyl carbamates (subject to hydrolysis) is 1. The predicted octanol–water partition coefficient (Wildman–Crippen LogP) is 1.99. The first kappa shape index (κ1) is 22.6. The molecule has 3 fully saturated rings. The Kier molecular flexibility index (Phi) is 7.63. The van der Waals surface area contributed by atoms with E-state index in [4.69, 9.17) is 4.74 Å². The van der Waals surface area contributed by atoms with E-state index in [0.717, 1.165) is 51.0 Å². The maximum Gasteiger partial charge on any atom is 0.408 e. The molecule has 0 saturated carbocycles. The second kappa shape index (κ2) is 10.8. The van der Waals surface area contributed by atoms with Gasteiger partial charge in [0.05, 0.1) is 6.54 Å². The monoisotopic (exact) mass is 442 g/mol. The lowest BCUT2D eigenvalue weighted by atomic mass is 10.0. The standard InChI is InChI=1S/C24H34N4O4/c29-22(28-15-6-10-20(28)16-26-12-4-5-13-26)17-27-14-7-11-21(23(27)30)25-24(31)32-18-19-8-2-1-3-9-19/h1-3,8-9,20-21H,4-7,10-18H2,(H,25,31)/t20-,21-/m0/s1. The maximum atomic E-state index is 13.0. The average molecular weight is 443 g/mol. The Hall–Kier alpha value is -2.61. The van der Waals surface area contributed by atoms with Gasteiger partial charge in [-0.15, -0.1) is 0 Å². The molecule has 32 heavy (non-hydrogen) atoms. The van der Waals surface area contributed by atoms with Crippen LogP contribution < -0.4 is 5.32 Å². The van der Waals surface area contributed by atoms with Gasteiger partial charge in [0.25, 0.3) is 0 Å². The second-order valence-electron chi connectivity index (χ2n) is 9.05. The van der Waals surface area contributed by atoms with E-state index in [-0.39, 0.29) is 31.0 Å². The van der Waals surface area contributed by atoms with Crippen molar-refractivity contribution < 1.29 is 19.1 Å². The van der Waals surface area contributed by atoms with Crippen molar-refractivity contribution in [3.63, 3.8) is 0 Å². The van der Waals surface area contributed by atoms with Crippen LogP contribution in [-0.2, 0) is 20.9 Å². The number of nitrogens with zero attached hydrogens (tertiary/aromatic N) is 3. The molecule has 1 aromatic carbocycles. The Labute approximate surface area is 189 Å². The van der Waals surface area contributed by atoms with Crippen LogP contribution in [0.3, 0.4) is 0 Å². The molecule has 0 bridgehead atoms. The van der Waals surface area contributed by atoms with Gasteiger partial charge in [-0.3, -0.25) is 9.59 Å². The molecule has 8 heteroatoms. The Morgan fingerprint density at radius 1 is 0.969 bits per heavy atom. The fourth-order valence-electron chi connectivity index (χ4n) is 5.01. The van der Waals surface area contributed by atoms with Gasteiger partial charge in [0, 0.05) is 25.7 Å². The Morgan fingerprint density at radius 2 is 1.72 bits per heavy atom. The molecule has 174 valence electrons. The van der Waals surface area contributed by atoms with Crippen LogP contribution in [0.2, 0.25) is 0 Å². The lowest BCUT2D eigenvalue weighted by molar-refractivity contribution is -0.144. The maximum absolute atomic E-state index is 13.0. The molecular weight excluding hydrogens is 408 g/mol. The summed E-state index contributed by atoms with van der Waals surface area (Å²) in [5, 5.41) is 2.68. The summed E-state index contributed by atoms with van der Waals surface area (Å²) in [5.74, 6) is -0.177. The molecule has 2 atom stereocenters. The highest BCUT2D eigenvalue weighted by molar-refractivity contribution is 5.90. The second-order valence-corrected chi connectivity index (χ2v) is 9.05. The van der Waals surface area contributed by atoms with Crippen LogP contribution in [0.25, 0.3) is 0 Å². The van der Waals surface area contributed by atoms with Gasteiger partial charge in [-0.2, -0.15) is 0 Å². The lowest BCUT2D eigenvalue weighted by Gasteiger charge is -2.34. The highest BCUT2D eigenvalue weighted by Crippen LogP contribution is 2.21. The van der Waals surface area contributed by atoms with Crippen molar-refractivity contribution in [3.05, 3.63) is 35.9 Å². The van der Waals surface area contributed by atoms with Crippen LogP contribution >= 0.6 is 0 Å². The van der Waals surface area contributed by atoms with Gasteiger partial charge >= 0.3 is 6.09 Å². The van der Waals surface area contributed by atoms with Crippen molar-refractivity contribution in [3.8, 4) is 0 Å². The normalized spacial score (nSPS) is 24.1. The molecule has 0 radical (unpaired) electrons. The van der Waals surface area contributed by atoms with Crippen molar-refractivity contribution in [1.29, 1.82) is 0 Å². The third-order valence-corrected chi connectivity index (χ3v) is 6.73. The summed E-state index contributed by atoms with van der Waals surface area (Å²) in [5.41, 5.74) is 0.888. The van der Waals surface area contributed by atoms with E-state index in [1.54, 1.807) is 4.90 Å². The number of likely N-dealkylation sites (tertiary alicyclic amines) is 3. The van der Waals surface area contributed by atoms with Gasteiger partial charge in [0.1, 0.15) is 12.6 Å². The van der Waals surface area contributed by atoms with E-state index in [2.05, 4.69) is 10.2 Å². The number of amides is 3. The quantitative estimate of drug-likeness (QED) is 0.698. The Morgan fingerprint density at radius 3 is 2.50 bits per heavy atom. The molecule has 3 heterocycles. The van der Waals surface area contributed by atoms with E-state index in [9.17, 15) is 14.4 Å². The summed E-state index contributed by atoms with van der Waals surface area (Å²) in [6, 6.07) is 9.03. The zero-order valence-electron chi connectivity index (χ0n) is 18.7. The van der Waals surface area contributed by atoms with Crippen LogP contribution in [0.15, 0.2) is 30.3 Å². The fraction of sp³-hybridized carbons (Fsp3) is 0.625. The molecule has 3 saturated heterocycles. The average Bonchev–Trinajstić information content (AvgIpc) is 3.48. The minimum absolute atomic E-state index is 0.0207. The number of rotatable bonds is 7. The number of ether oxygens (including phenoxy) is 1. The SMILES string of the molecule is O=C(N[C@H]1CCCN(CC(=O)N2CCC[C@H]2CN2CCCC2)C1=O)OCc1ccccc1. The summed E-state index contributed by atoms with van der Waals surface area (Å²) < 4.78 is 5.25. The number of hydrogen-bond donors (Lipinski definition) is 1. The van der Waals surface area contributed by atoms with Crippen molar-refractivity contribution in [1.82, 2.24) is 20.0 Å². The first-order chi connectivity index (χ1) is 15.6. The molecule has 0 spiro atoms. The topological polar surface area (TPSA) is 82.2 Å². The zero-order valence-corrected chi connectivity index (χ0v) is 18.7. The third kappa shape index (κ3) is 5.79. The van der Waals surface area contributed by atoms with Crippen LogP contribution in [-0.4, -0.2) is 84.0 Å². The van der Waals surface area contributed by atoms with Crippen LogP contribution in [0.1, 0.15) is 44.1 Å². The number of hydrogen-bond acceptors (Lipinski definition) is 5. The molecule has 3 aliphatic heterocycles. The molecule has 0 aliphatic carbocycles. The number of piperidine rings is 1. The van der Waals surface area contributed by atoms with Gasteiger partial charge in [-0.05, 0) is 57.2 Å². The minimum Gasteiger partial charge on any atom is -0.445 e. The summed E-state index contributed by atoms with van der Waals surface area (Å²) >= 11 is 0. The molecule has 4 rings (SSSR count). The minimum atomic E-state index is -0.640. The Bertz CT molecular complexity index is 796. The van der Waals surface area contributed by atoms with Crippen molar-refractivity contribution in [2.45, 2.75) is 57.2 Å². The van der Waals surface area contributed by atoms with Gasteiger partial charge in [-0.1, -0.05) is 30.3 Å². The molecule has 3 amide bonds. The zero-order chi connectivity index (χ0) is 22.3. The predicted molar refractivity (Wildman–Crippen MR) is 120 cm³/mol. The highest BCUT2D eigenvalue weighted by atomic mass is 16.5. The van der Waals surface area contributed by atoms with Gasteiger partial charge in [0.2, 0.25) is 11.8 Å². The fourth-order valence-corrected chi connectivity index (χ4v) is 5.01. The van der Waals surface area contributed by atoms with Crippen LogP contribution in [0.4, 0.5) is 4.79 Å². The van der Waals surface area contributed by atoms with Crippen molar-refractivity contribution in [2.24, 2.45) is 0 Å². The molecule has 8 nitrogen and oxygen atoms in total. The summed E-state index contributed by atoms with van der Waals surface area (Å²) in [7, 11) is 0. The molecule has 0 unspecified atom stereocenters.